The highest BCUT2D eigenvalue weighted by Gasteiger charge is 2.21. The largest absolute Gasteiger partial charge is 0.489 e. The van der Waals surface area contributed by atoms with Crippen molar-refractivity contribution in [1.29, 1.82) is 0 Å². The molecule has 0 aliphatic carbocycles. The summed E-state index contributed by atoms with van der Waals surface area (Å²) in [5, 5.41) is 10.1. The number of para-hydroxylation sites is 1. The third-order valence-electron chi connectivity index (χ3n) is 5.33. The van der Waals surface area contributed by atoms with Crippen molar-refractivity contribution in [2.24, 2.45) is 0 Å². The normalized spacial score (nSPS) is 11.6. The van der Waals surface area contributed by atoms with Crippen LogP contribution in [-0.4, -0.2) is 22.8 Å². The molecule has 0 saturated carbocycles. The molecule has 0 saturated heterocycles. The maximum absolute atomic E-state index is 12.9. The van der Waals surface area contributed by atoms with Gasteiger partial charge in [0.25, 0.3) is 0 Å². The first-order valence-corrected chi connectivity index (χ1v) is 13.2. The molecule has 2 amide bonds. The van der Waals surface area contributed by atoms with Crippen molar-refractivity contribution in [2.75, 3.05) is 5.32 Å². The molecule has 35 heavy (non-hydrogen) atoms. The molecule has 1 atom stereocenters. The van der Waals surface area contributed by atoms with Gasteiger partial charge in [-0.05, 0) is 52.1 Å². The van der Waals surface area contributed by atoms with Crippen molar-refractivity contribution in [2.45, 2.75) is 38.8 Å². The van der Waals surface area contributed by atoms with E-state index in [9.17, 15) is 9.59 Å². The zero-order chi connectivity index (χ0) is 24.5. The summed E-state index contributed by atoms with van der Waals surface area (Å²) in [5.74, 6) is 0.388. The Kier molecular flexibility index (Phi) is 8.64. The van der Waals surface area contributed by atoms with Gasteiger partial charge in [-0.15, -0.1) is 0 Å². The highest BCUT2D eigenvalue weighted by molar-refractivity contribution is 7.19. The number of hydrogen-bond donors (Lipinski definition) is 2. The van der Waals surface area contributed by atoms with Gasteiger partial charge in [-0.1, -0.05) is 67.1 Å². The van der Waals surface area contributed by atoms with Gasteiger partial charge in [0, 0.05) is 6.20 Å². The first-order valence-electron chi connectivity index (χ1n) is 11.5. The maximum Gasteiger partial charge on any atom is 0.248 e. The first kappa shape index (κ1) is 24.6. The zero-order valence-electron chi connectivity index (χ0n) is 19.4. The summed E-state index contributed by atoms with van der Waals surface area (Å²) in [6, 6.07) is 19.0. The molecule has 2 aromatic carbocycles. The van der Waals surface area contributed by atoms with Crippen molar-refractivity contribution in [3.63, 3.8) is 0 Å². The van der Waals surface area contributed by atoms with Crippen LogP contribution in [-0.2, 0) is 22.6 Å². The summed E-state index contributed by atoms with van der Waals surface area (Å²) < 4.78 is 5.93. The summed E-state index contributed by atoms with van der Waals surface area (Å²) >= 11 is 2.95. The highest BCUT2D eigenvalue weighted by atomic mass is 32.1. The number of nitrogens with zero attached hydrogens (tertiary/aromatic N) is 1. The second-order valence-electron chi connectivity index (χ2n) is 7.99. The minimum absolute atomic E-state index is 0.163. The van der Waals surface area contributed by atoms with Crippen LogP contribution in [0.4, 0.5) is 5.13 Å². The van der Waals surface area contributed by atoms with Crippen LogP contribution in [0, 0.1) is 0 Å². The number of rotatable bonds is 11. The van der Waals surface area contributed by atoms with E-state index in [1.807, 2.05) is 78.3 Å². The Morgan fingerprint density at radius 1 is 1.06 bits per heavy atom. The SMILES string of the molecule is CCCC(NC(=O)Cc1ccsc1)C(=O)Nc1ncc(-c2ccccc2COc2ccccc2)s1. The van der Waals surface area contributed by atoms with Crippen LogP contribution in [0.25, 0.3) is 10.4 Å². The number of thiophene rings is 1. The van der Waals surface area contributed by atoms with E-state index in [1.54, 1.807) is 17.5 Å². The molecule has 4 rings (SSSR count). The monoisotopic (exact) mass is 505 g/mol. The summed E-state index contributed by atoms with van der Waals surface area (Å²) in [7, 11) is 0. The minimum Gasteiger partial charge on any atom is -0.489 e. The zero-order valence-corrected chi connectivity index (χ0v) is 21.0. The van der Waals surface area contributed by atoms with E-state index in [2.05, 4.69) is 15.6 Å². The number of carbonyl (C=O) groups is 2. The van der Waals surface area contributed by atoms with Gasteiger partial charge < -0.3 is 15.4 Å². The molecule has 0 aliphatic heterocycles. The maximum atomic E-state index is 12.9. The molecule has 0 fully saturated rings. The minimum atomic E-state index is -0.606. The molecule has 180 valence electrons. The van der Waals surface area contributed by atoms with Crippen molar-refractivity contribution < 1.29 is 14.3 Å². The summed E-state index contributed by atoms with van der Waals surface area (Å²) in [6.45, 7) is 2.41. The van der Waals surface area contributed by atoms with Gasteiger partial charge in [0.2, 0.25) is 11.8 Å². The third kappa shape index (κ3) is 7.00. The van der Waals surface area contributed by atoms with Crippen LogP contribution < -0.4 is 15.4 Å². The predicted molar refractivity (Wildman–Crippen MR) is 142 cm³/mol. The van der Waals surface area contributed by atoms with E-state index in [-0.39, 0.29) is 18.2 Å². The molecule has 2 heterocycles. The van der Waals surface area contributed by atoms with Crippen molar-refractivity contribution in [3.8, 4) is 16.2 Å². The summed E-state index contributed by atoms with van der Waals surface area (Å²) in [4.78, 5) is 30.7. The van der Waals surface area contributed by atoms with E-state index in [1.165, 1.54) is 11.3 Å². The van der Waals surface area contributed by atoms with E-state index in [0.717, 1.165) is 33.7 Å². The third-order valence-corrected chi connectivity index (χ3v) is 7.01. The molecule has 0 bridgehead atoms. The molecule has 0 spiro atoms. The number of anilines is 1. The Balaban J connectivity index is 1.40. The lowest BCUT2D eigenvalue weighted by atomic mass is 10.1. The van der Waals surface area contributed by atoms with Gasteiger partial charge in [-0.3, -0.25) is 9.59 Å². The van der Waals surface area contributed by atoms with E-state index in [4.69, 9.17) is 4.74 Å². The van der Waals surface area contributed by atoms with Crippen LogP contribution in [0.3, 0.4) is 0 Å². The Morgan fingerprint density at radius 3 is 2.63 bits per heavy atom. The standard InChI is InChI=1S/C27H27N3O3S2/c1-2-8-23(29-25(31)15-19-13-14-34-18-19)26(32)30-27-28-16-24(35-27)22-12-7-6-9-20(22)17-33-21-10-4-3-5-11-21/h3-7,9-14,16,18,23H,2,8,15,17H2,1H3,(H,29,31)(H,28,30,32). The highest BCUT2D eigenvalue weighted by Crippen LogP contribution is 2.32. The lowest BCUT2D eigenvalue weighted by Gasteiger charge is -2.17. The van der Waals surface area contributed by atoms with Gasteiger partial charge in [-0.25, -0.2) is 4.98 Å². The Bertz CT molecular complexity index is 1240. The van der Waals surface area contributed by atoms with Gasteiger partial charge in [0.05, 0.1) is 11.3 Å². The Labute approximate surface area is 213 Å². The number of benzene rings is 2. The fraction of sp³-hybridized carbons (Fsp3) is 0.222. The van der Waals surface area contributed by atoms with Crippen LogP contribution in [0.5, 0.6) is 5.75 Å². The lowest BCUT2D eigenvalue weighted by molar-refractivity contribution is -0.126. The molecule has 6 nitrogen and oxygen atoms in total. The number of amides is 2. The molecule has 1 unspecified atom stereocenters. The summed E-state index contributed by atoms with van der Waals surface area (Å²) in [6.07, 6.45) is 3.35. The van der Waals surface area contributed by atoms with E-state index >= 15 is 0 Å². The first-order chi connectivity index (χ1) is 17.1. The van der Waals surface area contributed by atoms with E-state index < -0.39 is 6.04 Å². The number of ether oxygens (including phenoxy) is 1. The molecule has 2 aromatic heterocycles. The lowest BCUT2D eigenvalue weighted by Crippen LogP contribution is -2.44. The average molecular weight is 506 g/mol. The number of hydrogen-bond acceptors (Lipinski definition) is 6. The number of nitrogens with one attached hydrogen (secondary N) is 2. The van der Waals surface area contributed by atoms with Crippen LogP contribution in [0.2, 0.25) is 0 Å². The molecular weight excluding hydrogens is 478 g/mol. The number of thiazole rings is 1. The second kappa shape index (κ2) is 12.3. The van der Waals surface area contributed by atoms with Crippen LogP contribution >= 0.6 is 22.7 Å². The Hall–Kier alpha value is -3.49. The number of aromatic nitrogens is 1. The molecule has 8 heteroatoms. The molecule has 4 aromatic rings. The van der Waals surface area contributed by atoms with Crippen LogP contribution in [0.1, 0.15) is 30.9 Å². The topological polar surface area (TPSA) is 80.3 Å². The number of carbonyl (C=O) groups excluding carboxylic acids is 2. The van der Waals surface area contributed by atoms with E-state index in [0.29, 0.717) is 18.2 Å². The molecular formula is C27H27N3O3S2. The average Bonchev–Trinajstić information content (AvgIpc) is 3.55. The second-order valence-corrected chi connectivity index (χ2v) is 9.81. The quantitative estimate of drug-likeness (QED) is 0.265. The van der Waals surface area contributed by atoms with Crippen molar-refractivity contribution in [3.05, 3.63) is 88.7 Å². The molecule has 0 aliphatic rings. The van der Waals surface area contributed by atoms with Crippen molar-refractivity contribution >= 4 is 39.6 Å². The van der Waals surface area contributed by atoms with Gasteiger partial charge in [0.15, 0.2) is 5.13 Å². The fourth-order valence-corrected chi connectivity index (χ4v) is 5.14. The smallest absolute Gasteiger partial charge is 0.248 e. The van der Waals surface area contributed by atoms with Gasteiger partial charge in [0.1, 0.15) is 18.4 Å². The Morgan fingerprint density at radius 2 is 1.86 bits per heavy atom. The molecule has 2 N–H and O–H groups in total. The fourth-order valence-electron chi connectivity index (χ4n) is 3.59. The molecule has 0 radical (unpaired) electrons. The van der Waals surface area contributed by atoms with Crippen molar-refractivity contribution in [1.82, 2.24) is 10.3 Å². The summed E-state index contributed by atoms with van der Waals surface area (Å²) in [5.41, 5.74) is 2.99. The van der Waals surface area contributed by atoms with Gasteiger partial charge >= 0.3 is 0 Å². The predicted octanol–water partition coefficient (Wildman–Crippen LogP) is 5.92. The van der Waals surface area contributed by atoms with Gasteiger partial charge in [-0.2, -0.15) is 11.3 Å². The van der Waals surface area contributed by atoms with Crippen LogP contribution in [0.15, 0.2) is 77.6 Å².